The lowest BCUT2D eigenvalue weighted by atomic mass is 10.3. The second-order valence-corrected chi connectivity index (χ2v) is 3.50. The molecular weight excluding hydrogens is 218 g/mol. The number of nitrogens with two attached hydrogens (primary N) is 1. The van der Waals surface area contributed by atoms with Gasteiger partial charge >= 0.3 is 0 Å². The molecule has 0 atom stereocenters. The maximum absolute atomic E-state index is 5.80. The molecule has 0 saturated carbocycles. The summed E-state index contributed by atoms with van der Waals surface area (Å²) in [5.74, 6) is 2.11. The largest absolute Gasteiger partial charge is 0.481 e. The van der Waals surface area contributed by atoms with Crippen molar-refractivity contribution in [3.8, 4) is 5.88 Å². The highest BCUT2D eigenvalue weighted by Crippen LogP contribution is 2.19. The molecule has 0 bridgehead atoms. The predicted molar refractivity (Wildman–Crippen MR) is 66.0 cm³/mol. The van der Waals surface area contributed by atoms with Crippen LogP contribution in [0.1, 0.15) is 5.82 Å². The SMILES string of the molecule is COc1ccc(N)c(NCCc2ncc[nH]2)n1. The summed E-state index contributed by atoms with van der Waals surface area (Å²) in [5, 5.41) is 3.15. The average Bonchev–Trinajstić information content (AvgIpc) is 2.84. The van der Waals surface area contributed by atoms with Gasteiger partial charge in [0, 0.05) is 31.4 Å². The highest BCUT2D eigenvalue weighted by atomic mass is 16.5. The van der Waals surface area contributed by atoms with E-state index >= 15 is 0 Å². The third kappa shape index (κ3) is 2.87. The van der Waals surface area contributed by atoms with Crippen molar-refractivity contribution in [3.05, 3.63) is 30.4 Å². The van der Waals surface area contributed by atoms with Crippen LogP contribution < -0.4 is 15.8 Å². The first-order valence-corrected chi connectivity index (χ1v) is 5.32. The molecule has 0 aromatic carbocycles. The summed E-state index contributed by atoms with van der Waals surface area (Å²) in [6, 6.07) is 3.49. The van der Waals surface area contributed by atoms with Crippen molar-refractivity contribution in [1.29, 1.82) is 0 Å². The van der Waals surface area contributed by atoms with E-state index in [1.165, 1.54) is 0 Å². The van der Waals surface area contributed by atoms with Crippen LogP contribution >= 0.6 is 0 Å². The van der Waals surface area contributed by atoms with Crippen LogP contribution in [0.3, 0.4) is 0 Å². The van der Waals surface area contributed by atoms with Gasteiger partial charge in [0.15, 0.2) is 5.82 Å². The lowest BCUT2D eigenvalue weighted by Crippen LogP contribution is -2.09. The monoisotopic (exact) mass is 233 g/mol. The lowest BCUT2D eigenvalue weighted by Gasteiger charge is -2.08. The van der Waals surface area contributed by atoms with Crippen LogP contribution in [0.5, 0.6) is 5.88 Å². The molecule has 2 heterocycles. The summed E-state index contributed by atoms with van der Waals surface area (Å²) in [6.07, 6.45) is 4.31. The molecule has 4 N–H and O–H groups in total. The minimum Gasteiger partial charge on any atom is -0.481 e. The first-order chi connectivity index (χ1) is 8.29. The molecule has 0 amide bonds. The molecule has 6 heteroatoms. The summed E-state index contributed by atoms with van der Waals surface area (Å²) < 4.78 is 5.04. The first kappa shape index (κ1) is 11.3. The Morgan fingerprint density at radius 2 is 2.35 bits per heavy atom. The fraction of sp³-hybridized carbons (Fsp3) is 0.273. The van der Waals surface area contributed by atoms with Crippen LogP contribution in [0.25, 0.3) is 0 Å². The molecule has 0 aliphatic heterocycles. The van der Waals surface area contributed by atoms with Gasteiger partial charge in [0.25, 0.3) is 0 Å². The molecule has 0 radical (unpaired) electrons. The number of nitrogens with zero attached hydrogens (tertiary/aromatic N) is 2. The molecule has 0 unspecified atom stereocenters. The number of methoxy groups -OCH3 is 1. The number of nitrogens with one attached hydrogen (secondary N) is 2. The fourth-order valence-corrected chi connectivity index (χ4v) is 1.44. The molecule has 2 aromatic rings. The Hall–Kier alpha value is -2.24. The van der Waals surface area contributed by atoms with E-state index in [9.17, 15) is 0 Å². The Labute approximate surface area is 99.2 Å². The van der Waals surface area contributed by atoms with E-state index in [0.29, 0.717) is 23.9 Å². The number of nitrogen functional groups attached to an aromatic ring is 1. The molecule has 90 valence electrons. The summed E-state index contributed by atoms with van der Waals surface area (Å²) in [5.41, 5.74) is 6.40. The standard InChI is InChI=1S/C11H15N5O/c1-17-10-3-2-8(12)11(16-10)15-5-4-9-13-6-7-14-9/h2-3,6-7H,4-5,12H2,1H3,(H,13,14)(H,15,16). The van der Waals surface area contributed by atoms with Crippen molar-refractivity contribution in [1.82, 2.24) is 15.0 Å². The van der Waals surface area contributed by atoms with Gasteiger partial charge in [0.05, 0.1) is 12.8 Å². The van der Waals surface area contributed by atoms with Crippen LogP contribution in [-0.4, -0.2) is 28.6 Å². The number of ether oxygens (including phenoxy) is 1. The Balaban J connectivity index is 1.94. The Kier molecular flexibility index (Phi) is 3.44. The van der Waals surface area contributed by atoms with E-state index in [1.807, 2.05) is 0 Å². The van der Waals surface area contributed by atoms with Crippen molar-refractivity contribution in [3.63, 3.8) is 0 Å². The topological polar surface area (TPSA) is 88.9 Å². The second-order valence-electron chi connectivity index (χ2n) is 3.50. The van der Waals surface area contributed by atoms with E-state index in [0.717, 1.165) is 12.2 Å². The second kappa shape index (κ2) is 5.20. The van der Waals surface area contributed by atoms with Crippen molar-refractivity contribution in [2.45, 2.75) is 6.42 Å². The van der Waals surface area contributed by atoms with Crippen molar-refractivity contribution in [2.24, 2.45) is 0 Å². The molecule has 0 fully saturated rings. The van der Waals surface area contributed by atoms with E-state index in [1.54, 1.807) is 31.6 Å². The van der Waals surface area contributed by atoms with Gasteiger partial charge in [0.1, 0.15) is 5.82 Å². The van der Waals surface area contributed by atoms with Crippen molar-refractivity contribution < 1.29 is 4.74 Å². The van der Waals surface area contributed by atoms with E-state index in [4.69, 9.17) is 10.5 Å². The summed E-state index contributed by atoms with van der Waals surface area (Å²) >= 11 is 0. The third-order valence-electron chi connectivity index (χ3n) is 2.32. The molecule has 2 aromatic heterocycles. The minimum absolute atomic E-state index is 0.541. The number of hydrogen-bond acceptors (Lipinski definition) is 5. The lowest BCUT2D eigenvalue weighted by molar-refractivity contribution is 0.398. The number of aromatic nitrogens is 3. The van der Waals surface area contributed by atoms with Crippen LogP contribution in [0.15, 0.2) is 24.5 Å². The Bertz CT molecular complexity index is 469. The van der Waals surface area contributed by atoms with Gasteiger partial charge in [0.2, 0.25) is 5.88 Å². The quantitative estimate of drug-likeness (QED) is 0.718. The number of rotatable bonds is 5. The maximum atomic E-state index is 5.80. The minimum atomic E-state index is 0.541. The molecular formula is C11H15N5O. The zero-order valence-corrected chi connectivity index (χ0v) is 9.60. The van der Waals surface area contributed by atoms with Crippen LogP contribution in [0, 0.1) is 0 Å². The molecule has 17 heavy (non-hydrogen) atoms. The van der Waals surface area contributed by atoms with Gasteiger partial charge in [-0.05, 0) is 6.07 Å². The van der Waals surface area contributed by atoms with E-state index < -0.39 is 0 Å². The number of imidazole rings is 1. The maximum Gasteiger partial charge on any atom is 0.215 e. The van der Waals surface area contributed by atoms with E-state index in [2.05, 4.69) is 20.3 Å². The summed E-state index contributed by atoms with van der Waals surface area (Å²) in [4.78, 5) is 11.4. The average molecular weight is 233 g/mol. The van der Waals surface area contributed by atoms with Crippen molar-refractivity contribution in [2.75, 3.05) is 24.7 Å². The van der Waals surface area contributed by atoms with Gasteiger partial charge in [-0.25, -0.2) is 4.98 Å². The highest BCUT2D eigenvalue weighted by molar-refractivity contribution is 5.61. The van der Waals surface area contributed by atoms with Gasteiger partial charge in [-0.15, -0.1) is 0 Å². The normalized spacial score (nSPS) is 10.2. The van der Waals surface area contributed by atoms with Gasteiger partial charge in [-0.2, -0.15) is 4.98 Å². The number of pyridine rings is 1. The molecule has 0 spiro atoms. The van der Waals surface area contributed by atoms with E-state index in [-0.39, 0.29) is 0 Å². The molecule has 0 saturated heterocycles. The van der Waals surface area contributed by atoms with Crippen LogP contribution in [0.4, 0.5) is 11.5 Å². The van der Waals surface area contributed by atoms with Crippen LogP contribution in [-0.2, 0) is 6.42 Å². The zero-order valence-electron chi connectivity index (χ0n) is 9.60. The summed E-state index contributed by atoms with van der Waals surface area (Å²) in [6.45, 7) is 0.706. The van der Waals surface area contributed by atoms with Crippen LogP contribution in [0.2, 0.25) is 0 Å². The molecule has 0 aliphatic rings. The highest BCUT2D eigenvalue weighted by Gasteiger charge is 2.03. The van der Waals surface area contributed by atoms with Gasteiger partial charge in [-0.3, -0.25) is 0 Å². The summed E-state index contributed by atoms with van der Waals surface area (Å²) in [7, 11) is 1.57. The number of H-pyrrole nitrogens is 1. The molecule has 2 rings (SSSR count). The molecule has 6 nitrogen and oxygen atoms in total. The van der Waals surface area contributed by atoms with Gasteiger partial charge in [-0.1, -0.05) is 0 Å². The number of aromatic amines is 1. The molecule has 0 aliphatic carbocycles. The van der Waals surface area contributed by atoms with Crippen molar-refractivity contribution >= 4 is 11.5 Å². The third-order valence-corrected chi connectivity index (χ3v) is 2.32. The zero-order chi connectivity index (χ0) is 12.1. The first-order valence-electron chi connectivity index (χ1n) is 5.32. The number of hydrogen-bond donors (Lipinski definition) is 3. The predicted octanol–water partition coefficient (Wildman–Crippen LogP) is 1.05. The Morgan fingerprint density at radius 3 is 3.06 bits per heavy atom. The fourth-order valence-electron chi connectivity index (χ4n) is 1.44. The van der Waals surface area contributed by atoms with Gasteiger partial charge < -0.3 is 20.8 Å². The smallest absolute Gasteiger partial charge is 0.215 e. The Morgan fingerprint density at radius 1 is 1.47 bits per heavy atom. The number of anilines is 2.